The van der Waals surface area contributed by atoms with Crippen molar-refractivity contribution in [2.45, 2.75) is 57.1 Å². The predicted molar refractivity (Wildman–Crippen MR) is 166 cm³/mol. The van der Waals surface area contributed by atoms with Crippen LogP contribution in [0.4, 0.5) is 5.69 Å². The van der Waals surface area contributed by atoms with Crippen molar-refractivity contribution in [3.05, 3.63) is 78.4 Å². The molecule has 11 heteroatoms. The van der Waals surface area contributed by atoms with E-state index in [1.165, 1.54) is 37.3 Å². The summed E-state index contributed by atoms with van der Waals surface area (Å²) in [4.78, 5) is 29.2. The van der Waals surface area contributed by atoms with Crippen LogP contribution in [0.1, 0.15) is 39.7 Å². The number of benzene rings is 3. The van der Waals surface area contributed by atoms with Crippen molar-refractivity contribution < 1.29 is 32.2 Å². The normalized spacial score (nSPS) is 12.2. The van der Waals surface area contributed by atoms with E-state index in [9.17, 15) is 18.0 Å². The molecule has 0 saturated heterocycles. The van der Waals surface area contributed by atoms with E-state index < -0.39 is 34.1 Å². The third kappa shape index (κ3) is 8.41. The first kappa shape index (κ1) is 33.3. The molecule has 0 fully saturated rings. The highest BCUT2D eigenvalue weighted by Crippen LogP contribution is 2.34. The van der Waals surface area contributed by atoms with Gasteiger partial charge in [-0.3, -0.25) is 13.9 Å². The van der Waals surface area contributed by atoms with E-state index >= 15 is 0 Å². The van der Waals surface area contributed by atoms with Crippen molar-refractivity contribution in [3.8, 4) is 17.2 Å². The number of sulfonamides is 1. The minimum atomic E-state index is -4.22. The molecular formula is C32H41N3O7S. The minimum absolute atomic E-state index is 0.00875. The molecule has 10 nitrogen and oxygen atoms in total. The van der Waals surface area contributed by atoms with Gasteiger partial charge in [-0.05, 0) is 69.2 Å². The van der Waals surface area contributed by atoms with Crippen LogP contribution in [0.3, 0.4) is 0 Å². The molecule has 232 valence electrons. The van der Waals surface area contributed by atoms with Gasteiger partial charge in [0.1, 0.15) is 18.3 Å². The molecule has 0 heterocycles. The number of carbonyl (C=O) groups is 2. The molecule has 0 saturated carbocycles. The predicted octanol–water partition coefficient (Wildman–Crippen LogP) is 4.63. The van der Waals surface area contributed by atoms with Crippen molar-refractivity contribution >= 4 is 27.5 Å². The fraction of sp³-hybridized carbons (Fsp3) is 0.375. The summed E-state index contributed by atoms with van der Waals surface area (Å²) in [7, 11) is 0.240. The maximum atomic E-state index is 14.3. The highest BCUT2D eigenvalue weighted by atomic mass is 32.2. The van der Waals surface area contributed by atoms with Crippen LogP contribution < -0.4 is 23.8 Å². The van der Waals surface area contributed by atoms with E-state index in [1.54, 1.807) is 55.6 Å². The van der Waals surface area contributed by atoms with Crippen LogP contribution in [-0.2, 0) is 26.2 Å². The number of nitrogens with zero attached hydrogens (tertiary/aromatic N) is 2. The van der Waals surface area contributed by atoms with Crippen LogP contribution in [0.25, 0.3) is 0 Å². The van der Waals surface area contributed by atoms with E-state index in [4.69, 9.17) is 14.2 Å². The van der Waals surface area contributed by atoms with Crippen molar-refractivity contribution in [2.24, 2.45) is 0 Å². The molecule has 43 heavy (non-hydrogen) atoms. The van der Waals surface area contributed by atoms with E-state index in [-0.39, 0.29) is 23.0 Å². The summed E-state index contributed by atoms with van der Waals surface area (Å²) in [6.45, 7) is 6.87. The Hall–Kier alpha value is -4.25. The zero-order valence-electron chi connectivity index (χ0n) is 25.8. The topological polar surface area (TPSA) is 114 Å². The van der Waals surface area contributed by atoms with E-state index in [2.05, 4.69) is 5.32 Å². The number of methoxy groups -OCH3 is 3. The lowest BCUT2D eigenvalue weighted by molar-refractivity contribution is -0.141. The Kier molecular flexibility index (Phi) is 11.0. The summed E-state index contributed by atoms with van der Waals surface area (Å²) in [5, 5.41) is 2.96. The van der Waals surface area contributed by atoms with Crippen LogP contribution in [0.15, 0.2) is 77.7 Å². The lowest BCUT2D eigenvalue weighted by Gasteiger charge is -2.35. The summed E-state index contributed by atoms with van der Waals surface area (Å²) < 4.78 is 45.2. The molecule has 1 atom stereocenters. The van der Waals surface area contributed by atoms with Crippen molar-refractivity contribution in [1.82, 2.24) is 10.2 Å². The zero-order valence-corrected chi connectivity index (χ0v) is 26.6. The molecule has 3 aromatic rings. The van der Waals surface area contributed by atoms with Gasteiger partial charge in [-0.15, -0.1) is 0 Å². The second-order valence-electron chi connectivity index (χ2n) is 10.9. The first-order chi connectivity index (χ1) is 20.3. The molecule has 3 rings (SSSR count). The maximum Gasteiger partial charge on any atom is 0.264 e. The van der Waals surface area contributed by atoms with Gasteiger partial charge in [0.05, 0.1) is 31.9 Å². The fourth-order valence-corrected chi connectivity index (χ4v) is 6.00. The van der Waals surface area contributed by atoms with Crippen LogP contribution in [-0.4, -0.2) is 64.6 Å². The van der Waals surface area contributed by atoms with E-state index in [0.29, 0.717) is 23.7 Å². The smallest absolute Gasteiger partial charge is 0.264 e. The van der Waals surface area contributed by atoms with E-state index in [0.717, 1.165) is 9.87 Å². The van der Waals surface area contributed by atoms with Gasteiger partial charge in [-0.25, -0.2) is 8.42 Å². The summed E-state index contributed by atoms with van der Waals surface area (Å²) in [6.07, 6.45) is 0.305. The summed E-state index contributed by atoms with van der Waals surface area (Å²) >= 11 is 0. The average molecular weight is 612 g/mol. The Morgan fingerprint density at radius 1 is 0.860 bits per heavy atom. The molecule has 1 unspecified atom stereocenters. The minimum Gasteiger partial charge on any atom is -0.497 e. The Morgan fingerprint density at radius 2 is 1.53 bits per heavy atom. The van der Waals surface area contributed by atoms with Crippen LogP contribution in [0.5, 0.6) is 17.2 Å². The zero-order chi connectivity index (χ0) is 31.8. The number of hydrogen-bond acceptors (Lipinski definition) is 7. The number of ether oxygens (including phenoxy) is 3. The van der Waals surface area contributed by atoms with Crippen molar-refractivity contribution in [3.63, 3.8) is 0 Å². The lowest BCUT2D eigenvalue weighted by atomic mass is 10.1. The third-order valence-corrected chi connectivity index (χ3v) is 8.42. The van der Waals surface area contributed by atoms with Crippen LogP contribution in [0, 0.1) is 0 Å². The highest BCUT2D eigenvalue weighted by Gasteiger charge is 2.35. The standard InChI is InChI=1S/C32H41N3O7S/c1-8-27(31(37)33-32(2,3)4)34(21-23-13-12-14-25(19-23)40-5)30(36)22-35(43(38,39)26-15-10-9-11-16-26)24-17-18-28(41-6)29(20-24)42-7/h9-20,27H,8,21-22H2,1-7H3,(H,33,37). The number of carbonyl (C=O) groups excluding carboxylic acids is 2. The molecule has 0 bridgehead atoms. The first-order valence-corrected chi connectivity index (χ1v) is 15.3. The fourth-order valence-electron chi connectivity index (χ4n) is 4.57. The number of rotatable bonds is 13. The molecule has 0 aliphatic heterocycles. The number of hydrogen-bond donors (Lipinski definition) is 1. The number of amides is 2. The quantitative estimate of drug-likeness (QED) is 0.300. The lowest BCUT2D eigenvalue weighted by Crippen LogP contribution is -2.55. The Balaban J connectivity index is 2.13. The van der Waals surface area contributed by atoms with Gasteiger partial charge >= 0.3 is 0 Å². The second kappa shape index (κ2) is 14.3. The molecule has 0 spiro atoms. The maximum absolute atomic E-state index is 14.3. The van der Waals surface area contributed by atoms with Crippen LogP contribution >= 0.6 is 0 Å². The molecule has 1 N–H and O–H groups in total. The van der Waals surface area contributed by atoms with Crippen molar-refractivity contribution in [2.75, 3.05) is 32.2 Å². The van der Waals surface area contributed by atoms with Crippen molar-refractivity contribution in [1.29, 1.82) is 0 Å². The van der Waals surface area contributed by atoms with Gasteiger partial charge in [0.15, 0.2) is 11.5 Å². The molecular weight excluding hydrogens is 570 g/mol. The number of anilines is 1. The molecule has 0 radical (unpaired) electrons. The van der Waals surface area contributed by atoms with Crippen LogP contribution in [0.2, 0.25) is 0 Å². The molecule has 0 aromatic heterocycles. The molecule has 2 amide bonds. The summed E-state index contributed by atoms with van der Waals surface area (Å²) in [6, 6.07) is 18.8. The van der Waals surface area contributed by atoms with Gasteiger partial charge in [-0.1, -0.05) is 37.3 Å². The van der Waals surface area contributed by atoms with Gasteiger partial charge in [0.2, 0.25) is 11.8 Å². The summed E-state index contributed by atoms with van der Waals surface area (Å²) in [5.74, 6) is 0.391. The van der Waals surface area contributed by atoms with Gasteiger partial charge in [0, 0.05) is 18.2 Å². The first-order valence-electron chi connectivity index (χ1n) is 13.9. The van der Waals surface area contributed by atoms with Gasteiger partial charge < -0.3 is 24.4 Å². The van der Waals surface area contributed by atoms with E-state index in [1.807, 2.05) is 33.8 Å². The molecule has 0 aliphatic rings. The summed E-state index contributed by atoms with van der Waals surface area (Å²) in [5.41, 5.74) is 0.374. The Labute approximate surface area is 254 Å². The number of nitrogens with one attached hydrogen (secondary N) is 1. The SMILES string of the molecule is CCC(C(=O)NC(C)(C)C)N(Cc1cccc(OC)c1)C(=O)CN(c1ccc(OC)c(OC)c1)S(=O)(=O)c1ccccc1. The Morgan fingerprint density at radius 3 is 2.12 bits per heavy atom. The average Bonchev–Trinajstić information content (AvgIpc) is 2.98. The Bertz CT molecular complexity index is 1500. The highest BCUT2D eigenvalue weighted by molar-refractivity contribution is 7.92. The monoisotopic (exact) mass is 611 g/mol. The largest absolute Gasteiger partial charge is 0.497 e. The molecule has 0 aliphatic carbocycles. The second-order valence-corrected chi connectivity index (χ2v) is 12.8. The third-order valence-electron chi connectivity index (χ3n) is 6.64. The van der Waals surface area contributed by atoms with Gasteiger partial charge in [0.25, 0.3) is 10.0 Å². The molecule has 3 aromatic carbocycles. The van der Waals surface area contributed by atoms with Gasteiger partial charge in [-0.2, -0.15) is 0 Å².